The third-order valence-corrected chi connectivity index (χ3v) is 10.7. The predicted molar refractivity (Wildman–Crippen MR) is 144 cm³/mol. The van der Waals surface area contributed by atoms with Gasteiger partial charge in [-0.1, -0.05) is 77.4 Å². The maximum atomic E-state index is 13.2. The second-order valence-electron chi connectivity index (χ2n) is 13.1. The van der Waals surface area contributed by atoms with Crippen LogP contribution in [0.5, 0.6) is 0 Å². The minimum absolute atomic E-state index is 0.0979. The molecule has 2 saturated carbocycles. The van der Waals surface area contributed by atoms with E-state index in [2.05, 4.69) is 13.5 Å². The molecule has 5 fully saturated rings. The number of carbonyl (C=O) groups is 3. The Kier molecular flexibility index (Phi) is 7.90. The highest BCUT2D eigenvalue weighted by molar-refractivity contribution is 5.81. The van der Waals surface area contributed by atoms with Crippen LogP contribution in [-0.2, 0) is 33.3 Å². The van der Waals surface area contributed by atoms with Gasteiger partial charge in [0.2, 0.25) is 0 Å². The quantitative estimate of drug-likeness (QED) is 0.113. The molecule has 0 unspecified atom stereocenters. The summed E-state index contributed by atoms with van der Waals surface area (Å²) in [6.07, 6.45) is 6.28. The first-order chi connectivity index (χ1) is 19.0. The molecule has 2 bridgehead atoms. The number of epoxide rings is 1. The molecule has 0 amide bonds. The van der Waals surface area contributed by atoms with Gasteiger partial charge in [0, 0.05) is 18.8 Å². The van der Waals surface area contributed by atoms with Crippen molar-refractivity contribution in [3.63, 3.8) is 0 Å². The fraction of sp³-hybridized carbons (Fsp3) is 0.839. The van der Waals surface area contributed by atoms with Crippen LogP contribution in [0.3, 0.4) is 0 Å². The molecule has 0 aromatic rings. The zero-order valence-electron chi connectivity index (χ0n) is 24.4. The zero-order chi connectivity index (χ0) is 29.0. The highest BCUT2D eigenvalue weighted by atomic mass is 16.7. The van der Waals surface area contributed by atoms with Gasteiger partial charge in [-0.2, -0.15) is 0 Å². The molecule has 9 heteroatoms. The average Bonchev–Trinajstić information content (AvgIpc) is 3.50. The van der Waals surface area contributed by atoms with E-state index in [9.17, 15) is 24.6 Å². The minimum Gasteiger partial charge on any atom is -0.462 e. The lowest BCUT2D eigenvalue weighted by Gasteiger charge is -2.57. The fourth-order valence-electron chi connectivity index (χ4n) is 8.43. The van der Waals surface area contributed by atoms with Crippen LogP contribution in [0.25, 0.3) is 0 Å². The van der Waals surface area contributed by atoms with Crippen LogP contribution in [-0.4, -0.2) is 69.8 Å². The van der Waals surface area contributed by atoms with Crippen LogP contribution in [0.2, 0.25) is 0 Å². The van der Waals surface area contributed by atoms with Gasteiger partial charge < -0.3 is 29.2 Å². The van der Waals surface area contributed by atoms with Gasteiger partial charge >= 0.3 is 17.9 Å². The van der Waals surface area contributed by atoms with Gasteiger partial charge in [-0.3, -0.25) is 14.4 Å². The summed E-state index contributed by atoms with van der Waals surface area (Å²) in [6, 6.07) is 0. The van der Waals surface area contributed by atoms with Crippen molar-refractivity contribution >= 4 is 17.9 Å². The molecule has 3 saturated heterocycles. The van der Waals surface area contributed by atoms with Crippen LogP contribution in [0.4, 0.5) is 0 Å². The van der Waals surface area contributed by atoms with Crippen molar-refractivity contribution in [2.24, 2.45) is 23.2 Å². The average molecular weight is 563 g/mol. The Balaban J connectivity index is 1.21. The molecule has 0 aromatic heterocycles. The van der Waals surface area contributed by atoms with E-state index in [-0.39, 0.29) is 12.4 Å². The molecule has 5 rings (SSSR count). The lowest BCUT2D eigenvalue weighted by atomic mass is 9.50. The Hall–Kier alpha value is -1.97. The molecule has 5 aliphatic rings. The van der Waals surface area contributed by atoms with Crippen molar-refractivity contribution in [3.8, 4) is 0 Å². The minimum atomic E-state index is -1.81. The van der Waals surface area contributed by atoms with E-state index in [1.54, 1.807) is 20.8 Å². The highest BCUT2D eigenvalue weighted by Gasteiger charge is 2.93. The number of hydrogen-bond acceptors (Lipinski definition) is 9. The van der Waals surface area contributed by atoms with Crippen molar-refractivity contribution in [2.45, 2.75) is 140 Å². The van der Waals surface area contributed by atoms with Gasteiger partial charge in [-0.05, 0) is 20.3 Å². The van der Waals surface area contributed by atoms with E-state index in [1.807, 2.05) is 0 Å². The molecule has 2 N–H and O–H groups in total. The number of aliphatic hydroxyl groups is 2. The maximum absolute atomic E-state index is 13.2. The standard InChI is InChI=1S/C31H46O9/c1-6-7-8-9-10-11-12-13-14-15-20(32)37-18(4)19-16-30(40-27(19)34)25-26(39-25)31(36)22-21(17(2)3)23(38-28(22)35)24(33)29(30,31)5/h18-19,21-26,33,36H,2,6-16H2,1,3-5H3/t18-,19-,21-,22+,23+,24+,25+,26-,29-,30+,31-/m0/s1. The second-order valence-corrected chi connectivity index (χ2v) is 13.1. The smallest absolute Gasteiger partial charge is 0.313 e. The predicted octanol–water partition coefficient (Wildman–Crippen LogP) is 3.77. The van der Waals surface area contributed by atoms with Crippen molar-refractivity contribution in [3.05, 3.63) is 12.2 Å². The summed E-state index contributed by atoms with van der Waals surface area (Å²) < 4.78 is 23.2. The Bertz CT molecular complexity index is 1040. The fourth-order valence-corrected chi connectivity index (χ4v) is 8.43. The van der Waals surface area contributed by atoms with E-state index in [0.717, 1.165) is 19.3 Å². The van der Waals surface area contributed by atoms with E-state index in [1.165, 1.54) is 38.5 Å². The van der Waals surface area contributed by atoms with E-state index >= 15 is 0 Å². The summed E-state index contributed by atoms with van der Waals surface area (Å²) in [5.74, 6) is -3.85. The lowest BCUT2D eigenvalue weighted by Crippen LogP contribution is -2.72. The maximum Gasteiger partial charge on any atom is 0.313 e. The zero-order valence-corrected chi connectivity index (χ0v) is 24.4. The van der Waals surface area contributed by atoms with Gasteiger partial charge in [0.05, 0.1) is 17.3 Å². The number of ether oxygens (including phenoxy) is 4. The van der Waals surface area contributed by atoms with E-state index in [0.29, 0.717) is 12.0 Å². The molecule has 40 heavy (non-hydrogen) atoms. The molecule has 224 valence electrons. The first-order valence-corrected chi connectivity index (χ1v) is 15.3. The first-order valence-electron chi connectivity index (χ1n) is 15.3. The number of fused-ring (bicyclic) bond motifs is 8. The van der Waals surface area contributed by atoms with Gasteiger partial charge in [0.1, 0.15) is 36.1 Å². The number of carbonyl (C=O) groups excluding carboxylic acids is 3. The van der Waals surface area contributed by atoms with Crippen molar-refractivity contribution < 1.29 is 43.5 Å². The van der Waals surface area contributed by atoms with Crippen molar-refractivity contribution in [1.82, 2.24) is 0 Å². The summed E-state index contributed by atoms with van der Waals surface area (Å²) in [4.78, 5) is 38.8. The normalized spacial score (nSPS) is 43.2. The van der Waals surface area contributed by atoms with Crippen LogP contribution >= 0.6 is 0 Å². The Labute approximate surface area is 236 Å². The summed E-state index contributed by atoms with van der Waals surface area (Å²) in [6.45, 7) is 11.3. The SMILES string of the molecule is C=C(C)[C@@H]1[C@H]2OC(=O)[C@@H]1[C@]1(O)[C@H]3O[C@H]3[C@]3(C[C@@H]([C@H](C)OC(=O)CCCCCCCCCCC)C(=O)O3)[C@]1(C)[C@@H]2O. The number of rotatable bonds is 13. The van der Waals surface area contributed by atoms with Crippen molar-refractivity contribution in [2.75, 3.05) is 0 Å². The number of unbranched alkanes of at least 4 members (excludes halogenated alkanes) is 8. The molecule has 1 spiro atoms. The summed E-state index contributed by atoms with van der Waals surface area (Å²) >= 11 is 0. The third-order valence-electron chi connectivity index (χ3n) is 10.7. The number of esters is 3. The van der Waals surface area contributed by atoms with Crippen LogP contribution in [0.15, 0.2) is 12.2 Å². The molecular formula is C31H46O9. The molecule has 9 nitrogen and oxygen atoms in total. The monoisotopic (exact) mass is 562 g/mol. The molecule has 2 aliphatic carbocycles. The summed E-state index contributed by atoms with van der Waals surface area (Å²) in [5.41, 5.74) is -3.99. The van der Waals surface area contributed by atoms with Gasteiger partial charge in [0.15, 0.2) is 5.60 Å². The van der Waals surface area contributed by atoms with Gasteiger partial charge in [0.25, 0.3) is 0 Å². The van der Waals surface area contributed by atoms with E-state index in [4.69, 9.17) is 18.9 Å². The molecule has 0 aromatic carbocycles. The second kappa shape index (κ2) is 10.7. The molecule has 3 heterocycles. The summed E-state index contributed by atoms with van der Waals surface area (Å²) in [5, 5.41) is 23.9. The topological polar surface area (TPSA) is 132 Å². The van der Waals surface area contributed by atoms with E-state index < -0.39 is 76.8 Å². The summed E-state index contributed by atoms with van der Waals surface area (Å²) in [7, 11) is 0. The van der Waals surface area contributed by atoms with Gasteiger partial charge in [-0.25, -0.2) is 0 Å². The van der Waals surface area contributed by atoms with Crippen LogP contribution in [0.1, 0.15) is 98.3 Å². The Morgan fingerprint density at radius 2 is 1.70 bits per heavy atom. The van der Waals surface area contributed by atoms with Crippen LogP contribution in [0, 0.1) is 23.2 Å². The highest BCUT2D eigenvalue weighted by Crippen LogP contribution is 2.75. The molecule has 3 aliphatic heterocycles. The number of aliphatic hydroxyl groups excluding tert-OH is 1. The lowest BCUT2D eigenvalue weighted by molar-refractivity contribution is -0.272. The molecule has 0 radical (unpaired) electrons. The Morgan fingerprint density at radius 3 is 2.33 bits per heavy atom. The largest absolute Gasteiger partial charge is 0.462 e. The number of hydrogen-bond donors (Lipinski definition) is 2. The third kappa shape index (κ3) is 4.17. The first kappa shape index (κ1) is 29.5. The van der Waals surface area contributed by atoms with Crippen molar-refractivity contribution in [1.29, 1.82) is 0 Å². The molecule has 11 atom stereocenters. The van der Waals surface area contributed by atoms with Crippen LogP contribution < -0.4 is 0 Å². The Morgan fingerprint density at radius 1 is 1.07 bits per heavy atom. The van der Waals surface area contributed by atoms with Gasteiger partial charge in [-0.15, -0.1) is 0 Å². The molecular weight excluding hydrogens is 516 g/mol.